The van der Waals surface area contributed by atoms with Gasteiger partial charge in [0.2, 0.25) is 5.91 Å². The van der Waals surface area contributed by atoms with Crippen LogP contribution in [0.2, 0.25) is 0 Å². The molecule has 0 fully saturated rings. The first kappa shape index (κ1) is 19.2. The van der Waals surface area contributed by atoms with Gasteiger partial charge in [0, 0.05) is 11.4 Å². The SMILES string of the molecule is COc1cc(CNC(=O)[C@@H](C)Sc2ccccc2)ccc1OC(C)C. The fourth-order valence-corrected chi connectivity index (χ4v) is 3.18. The first-order valence-electron chi connectivity index (χ1n) is 8.32. The van der Waals surface area contributed by atoms with Gasteiger partial charge in [-0.15, -0.1) is 11.8 Å². The smallest absolute Gasteiger partial charge is 0.233 e. The predicted octanol–water partition coefficient (Wildman–Crippen LogP) is 4.28. The van der Waals surface area contributed by atoms with E-state index in [1.807, 2.05) is 69.3 Å². The Labute approximate surface area is 153 Å². The van der Waals surface area contributed by atoms with Crippen molar-refractivity contribution in [3.63, 3.8) is 0 Å². The summed E-state index contributed by atoms with van der Waals surface area (Å²) in [6.45, 7) is 6.31. The summed E-state index contributed by atoms with van der Waals surface area (Å²) in [5.74, 6) is 1.39. The van der Waals surface area contributed by atoms with E-state index in [9.17, 15) is 4.79 Å². The van der Waals surface area contributed by atoms with Gasteiger partial charge >= 0.3 is 0 Å². The number of thioether (sulfide) groups is 1. The van der Waals surface area contributed by atoms with Crippen LogP contribution >= 0.6 is 11.8 Å². The van der Waals surface area contributed by atoms with Crippen molar-refractivity contribution in [2.75, 3.05) is 7.11 Å². The van der Waals surface area contributed by atoms with Crippen LogP contribution in [0.3, 0.4) is 0 Å². The lowest BCUT2D eigenvalue weighted by Gasteiger charge is -2.15. The van der Waals surface area contributed by atoms with Crippen LogP contribution < -0.4 is 14.8 Å². The van der Waals surface area contributed by atoms with Gasteiger partial charge in [0.15, 0.2) is 11.5 Å². The van der Waals surface area contributed by atoms with E-state index in [4.69, 9.17) is 9.47 Å². The highest BCUT2D eigenvalue weighted by molar-refractivity contribution is 8.00. The van der Waals surface area contributed by atoms with Gasteiger partial charge in [-0.3, -0.25) is 4.79 Å². The molecular formula is C20H25NO3S. The Bertz CT molecular complexity index is 689. The van der Waals surface area contributed by atoms with Crippen LogP contribution in [0.5, 0.6) is 11.5 Å². The molecule has 0 heterocycles. The standard InChI is InChI=1S/C20H25NO3S/c1-14(2)24-18-11-10-16(12-19(18)23-4)13-21-20(22)15(3)25-17-8-6-5-7-9-17/h5-12,14-15H,13H2,1-4H3,(H,21,22)/t15-/m1/s1. The second-order valence-electron chi connectivity index (χ2n) is 5.94. The van der Waals surface area contributed by atoms with E-state index in [0.29, 0.717) is 18.0 Å². The number of rotatable bonds is 8. The van der Waals surface area contributed by atoms with Gasteiger partial charge in [0.1, 0.15) is 0 Å². The number of nitrogens with one attached hydrogen (secondary N) is 1. The largest absolute Gasteiger partial charge is 0.493 e. The third-order valence-corrected chi connectivity index (χ3v) is 4.59. The van der Waals surface area contributed by atoms with E-state index in [1.54, 1.807) is 18.9 Å². The van der Waals surface area contributed by atoms with Crippen LogP contribution in [0, 0.1) is 0 Å². The van der Waals surface area contributed by atoms with Crippen LogP contribution in [-0.4, -0.2) is 24.4 Å². The van der Waals surface area contributed by atoms with Gasteiger partial charge in [-0.25, -0.2) is 0 Å². The molecular weight excluding hydrogens is 334 g/mol. The maximum atomic E-state index is 12.3. The number of amides is 1. The van der Waals surface area contributed by atoms with E-state index in [0.717, 1.165) is 10.5 Å². The van der Waals surface area contributed by atoms with Gasteiger partial charge in [0.05, 0.1) is 18.5 Å². The summed E-state index contributed by atoms with van der Waals surface area (Å²) in [4.78, 5) is 13.4. The Morgan fingerprint density at radius 3 is 2.44 bits per heavy atom. The minimum absolute atomic E-state index is 0.00956. The zero-order valence-corrected chi connectivity index (χ0v) is 15.9. The molecule has 134 valence electrons. The lowest BCUT2D eigenvalue weighted by Crippen LogP contribution is -2.30. The second-order valence-corrected chi connectivity index (χ2v) is 7.36. The van der Waals surface area contributed by atoms with E-state index < -0.39 is 0 Å². The first-order valence-corrected chi connectivity index (χ1v) is 9.20. The molecule has 1 N–H and O–H groups in total. The minimum atomic E-state index is -0.159. The number of ether oxygens (including phenoxy) is 2. The van der Waals surface area contributed by atoms with Crippen molar-refractivity contribution in [3.8, 4) is 11.5 Å². The summed E-state index contributed by atoms with van der Waals surface area (Å²) < 4.78 is 11.1. The Morgan fingerprint density at radius 1 is 1.08 bits per heavy atom. The highest BCUT2D eigenvalue weighted by Gasteiger charge is 2.14. The third kappa shape index (κ3) is 6.02. The highest BCUT2D eigenvalue weighted by atomic mass is 32.2. The topological polar surface area (TPSA) is 47.6 Å². The molecule has 5 heteroatoms. The van der Waals surface area contributed by atoms with Gasteiger partial charge in [0.25, 0.3) is 0 Å². The molecule has 2 aromatic carbocycles. The van der Waals surface area contributed by atoms with Crippen molar-refractivity contribution in [3.05, 3.63) is 54.1 Å². The van der Waals surface area contributed by atoms with E-state index >= 15 is 0 Å². The summed E-state index contributed by atoms with van der Waals surface area (Å²) in [6.07, 6.45) is 0.0790. The Balaban J connectivity index is 1.92. The number of benzene rings is 2. The average molecular weight is 359 g/mol. The number of carbonyl (C=O) groups is 1. The van der Waals surface area contributed by atoms with Gasteiger partial charge in [-0.1, -0.05) is 24.3 Å². The molecule has 0 unspecified atom stereocenters. The van der Waals surface area contributed by atoms with Crippen LogP contribution in [0.4, 0.5) is 0 Å². The molecule has 0 spiro atoms. The molecule has 1 amide bonds. The maximum Gasteiger partial charge on any atom is 0.233 e. The summed E-state index contributed by atoms with van der Waals surface area (Å²) in [7, 11) is 1.61. The van der Waals surface area contributed by atoms with Crippen molar-refractivity contribution in [1.29, 1.82) is 0 Å². The fourth-order valence-electron chi connectivity index (χ4n) is 2.26. The Kier molecular flexibility index (Phi) is 7.19. The summed E-state index contributed by atoms with van der Waals surface area (Å²) in [6, 6.07) is 15.6. The molecule has 0 aliphatic carbocycles. The molecule has 0 saturated carbocycles. The van der Waals surface area contributed by atoms with E-state index in [-0.39, 0.29) is 17.3 Å². The molecule has 0 aromatic heterocycles. The second kappa shape index (κ2) is 9.37. The maximum absolute atomic E-state index is 12.3. The fraction of sp³-hybridized carbons (Fsp3) is 0.350. The van der Waals surface area contributed by atoms with Gasteiger partial charge in [-0.05, 0) is 50.6 Å². The molecule has 2 rings (SSSR count). The third-order valence-electron chi connectivity index (χ3n) is 3.48. The number of hydrogen-bond acceptors (Lipinski definition) is 4. The van der Waals surface area contributed by atoms with Crippen molar-refractivity contribution in [2.45, 2.75) is 43.6 Å². The van der Waals surface area contributed by atoms with Crippen LogP contribution in [0.15, 0.2) is 53.4 Å². The van der Waals surface area contributed by atoms with Crippen molar-refractivity contribution in [1.82, 2.24) is 5.32 Å². The van der Waals surface area contributed by atoms with Crippen molar-refractivity contribution >= 4 is 17.7 Å². The average Bonchev–Trinajstić information content (AvgIpc) is 2.60. The lowest BCUT2D eigenvalue weighted by molar-refractivity contribution is -0.120. The van der Waals surface area contributed by atoms with Gasteiger partial charge < -0.3 is 14.8 Å². The summed E-state index contributed by atoms with van der Waals surface area (Å²) >= 11 is 1.55. The summed E-state index contributed by atoms with van der Waals surface area (Å²) in [5.41, 5.74) is 0.971. The van der Waals surface area contributed by atoms with E-state index in [1.165, 1.54) is 0 Å². The normalized spacial score (nSPS) is 11.9. The quantitative estimate of drug-likeness (QED) is 0.715. The molecule has 0 aliphatic heterocycles. The lowest BCUT2D eigenvalue weighted by atomic mass is 10.2. The number of hydrogen-bond donors (Lipinski definition) is 1. The molecule has 0 radical (unpaired) electrons. The van der Waals surface area contributed by atoms with Crippen LogP contribution in [-0.2, 0) is 11.3 Å². The monoisotopic (exact) mass is 359 g/mol. The zero-order chi connectivity index (χ0) is 18.2. The van der Waals surface area contributed by atoms with Crippen molar-refractivity contribution in [2.24, 2.45) is 0 Å². The first-order chi connectivity index (χ1) is 12.0. The number of methoxy groups -OCH3 is 1. The van der Waals surface area contributed by atoms with Crippen LogP contribution in [0.1, 0.15) is 26.3 Å². The zero-order valence-electron chi connectivity index (χ0n) is 15.1. The molecule has 1 atom stereocenters. The molecule has 4 nitrogen and oxygen atoms in total. The Hall–Kier alpha value is -2.14. The van der Waals surface area contributed by atoms with E-state index in [2.05, 4.69) is 5.32 Å². The molecule has 2 aromatic rings. The number of carbonyl (C=O) groups excluding carboxylic acids is 1. The van der Waals surface area contributed by atoms with Gasteiger partial charge in [-0.2, -0.15) is 0 Å². The minimum Gasteiger partial charge on any atom is -0.493 e. The summed E-state index contributed by atoms with van der Waals surface area (Å²) in [5, 5.41) is 2.81. The van der Waals surface area contributed by atoms with Crippen LogP contribution in [0.25, 0.3) is 0 Å². The van der Waals surface area contributed by atoms with Crippen molar-refractivity contribution < 1.29 is 14.3 Å². The molecule has 0 saturated heterocycles. The molecule has 0 aliphatic rings. The predicted molar refractivity (Wildman–Crippen MR) is 102 cm³/mol. The molecule has 25 heavy (non-hydrogen) atoms. The highest BCUT2D eigenvalue weighted by Crippen LogP contribution is 2.29. The Morgan fingerprint density at radius 2 is 1.80 bits per heavy atom. The molecule has 0 bridgehead atoms.